The maximum atomic E-state index is 13.5. The summed E-state index contributed by atoms with van der Waals surface area (Å²) in [7, 11) is 0. The van der Waals surface area contributed by atoms with Gasteiger partial charge in [0, 0.05) is 12.5 Å². The molecule has 2 atom stereocenters. The molecule has 0 bridgehead atoms. The van der Waals surface area contributed by atoms with E-state index in [0.717, 1.165) is 42.3 Å². The van der Waals surface area contributed by atoms with E-state index in [2.05, 4.69) is 42.6 Å². The Balaban J connectivity index is 1.54. The third kappa shape index (κ3) is 4.88. The van der Waals surface area contributed by atoms with Gasteiger partial charge in [0.15, 0.2) is 11.6 Å². The molecular formula is C27H26F2N2O. The Bertz CT molecular complexity index is 1140. The Kier molecular flexibility index (Phi) is 6.94. The average molecular weight is 433 g/mol. The summed E-state index contributed by atoms with van der Waals surface area (Å²) in [5.41, 5.74) is 6.21. The molecule has 3 nitrogen and oxygen atoms in total. The molecule has 1 saturated heterocycles. The minimum atomic E-state index is -0.851. The third-order valence-corrected chi connectivity index (χ3v) is 6.13. The lowest BCUT2D eigenvalue weighted by Gasteiger charge is -2.33. The highest BCUT2D eigenvalue weighted by Crippen LogP contribution is 2.33. The van der Waals surface area contributed by atoms with Crippen LogP contribution in [0.2, 0.25) is 0 Å². The normalized spacial score (nSPS) is 18.3. The molecule has 32 heavy (non-hydrogen) atoms. The highest BCUT2D eigenvalue weighted by atomic mass is 19.2. The van der Waals surface area contributed by atoms with Gasteiger partial charge in [0.25, 0.3) is 0 Å². The molecule has 2 unspecified atom stereocenters. The predicted molar refractivity (Wildman–Crippen MR) is 121 cm³/mol. The van der Waals surface area contributed by atoms with Gasteiger partial charge in [-0.25, -0.2) is 8.78 Å². The zero-order valence-corrected chi connectivity index (χ0v) is 18.1. The van der Waals surface area contributed by atoms with E-state index in [9.17, 15) is 8.78 Å². The van der Waals surface area contributed by atoms with Crippen molar-refractivity contribution in [2.75, 3.05) is 13.1 Å². The van der Waals surface area contributed by atoms with Crippen molar-refractivity contribution in [1.82, 2.24) is 5.32 Å². The van der Waals surface area contributed by atoms with Gasteiger partial charge in [-0.05, 0) is 65.4 Å². The van der Waals surface area contributed by atoms with Crippen LogP contribution in [0.1, 0.15) is 34.6 Å². The Hall–Kier alpha value is -3.07. The van der Waals surface area contributed by atoms with E-state index in [-0.39, 0.29) is 18.6 Å². The number of nitrogens with zero attached hydrogens (tertiary/aromatic N) is 1. The molecule has 1 N–H and O–H groups in total. The first-order valence-electron chi connectivity index (χ1n) is 10.9. The first-order valence-corrected chi connectivity index (χ1v) is 10.9. The van der Waals surface area contributed by atoms with Gasteiger partial charge in [0.2, 0.25) is 0 Å². The summed E-state index contributed by atoms with van der Waals surface area (Å²) in [6.45, 7) is 4.01. The lowest BCUT2D eigenvalue weighted by molar-refractivity contribution is 0.00666. The van der Waals surface area contributed by atoms with Crippen LogP contribution in [0.4, 0.5) is 8.78 Å². The van der Waals surface area contributed by atoms with Crippen LogP contribution in [-0.2, 0) is 17.8 Å². The van der Waals surface area contributed by atoms with Gasteiger partial charge in [0.1, 0.15) is 0 Å². The van der Waals surface area contributed by atoms with Crippen LogP contribution in [0.25, 0.3) is 11.1 Å². The van der Waals surface area contributed by atoms with Crippen molar-refractivity contribution in [2.24, 2.45) is 0 Å². The lowest BCUT2D eigenvalue weighted by Crippen LogP contribution is -2.40. The van der Waals surface area contributed by atoms with Crippen molar-refractivity contribution in [3.8, 4) is 17.2 Å². The molecule has 3 aromatic carbocycles. The molecule has 0 radical (unpaired) electrons. The highest BCUT2D eigenvalue weighted by Gasteiger charge is 2.28. The van der Waals surface area contributed by atoms with Crippen molar-refractivity contribution in [1.29, 1.82) is 5.26 Å². The second-order valence-corrected chi connectivity index (χ2v) is 8.26. The smallest absolute Gasteiger partial charge is 0.159 e. The maximum absolute atomic E-state index is 13.5. The minimum Gasteiger partial charge on any atom is -0.373 e. The molecule has 0 aliphatic carbocycles. The predicted octanol–water partition coefficient (Wildman–Crippen LogP) is 5.67. The standard InChI is InChI=1S/C27H26F2N2O/c1-18-14-21(23-5-3-2-4-20(23)10-12-30)7-8-22(18)24-16-31-13-11-27(24)32-17-19-6-9-25(28)26(29)15-19/h2-9,14-15,24,27,31H,10-11,13,16-17H2,1H3. The number of nitrogens with one attached hydrogen (secondary N) is 1. The molecule has 1 aliphatic rings. The van der Waals surface area contributed by atoms with E-state index < -0.39 is 11.6 Å². The second kappa shape index (κ2) is 10.0. The Labute approximate surface area is 187 Å². The molecule has 5 heteroatoms. The Morgan fingerprint density at radius 2 is 1.91 bits per heavy atom. The van der Waals surface area contributed by atoms with E-state index in [1.54, 1.807) is 6.07 Å². The number of ether oxygens (including phenoxy) is 1. The van der Waals surface area contributed by atoms with E-state index >= 15 is 0 Å². The second-order valence-electron chi connectivity index (χ2n) is 8.26. The quantitative estimate of drug-likeness (QED) is 0.546. The number of benzene rings is 3. The van der Waals surface area contributed by atoms with Crippen molar-refractivity contribution >= 4 is 0 Å². The van der Waals surface area contributed by atoms with E-state index in [1.165, 1.54) is 17.2 Å². The summed E-state index contributed by atoms with van der Waals surface area (Å²) in [6, 6.07) is 20.6. The molecule has 1 fully saturated rings. The van der Waals surface area contributed by atoms with E-state index in [4.69, 9.17) is 10.00 Å². The zero-order valence-electron chi connectivity index (χ0n) is 18.1. The number of hydrogen-bond donors (Lipinski definition) is 1. The van der Waals surface area contributed by atoms with Crippen molar-refractivity contribution in [3.63, 3.8) is 0 Å². The summed E-state index contributed by atoms with van der Waals surface area (Å²) in [5, 5.41) is 12.6. The van der Waals surface area contributed by atoms with Gasteiger partial charge in [0.05, 0.1) is 25.2 Å². The number of halogens is 2. The minimum absolute atomic E-state index is 0.0141. The lowest BCUT2D eigenvalue weighted by atomic mass is 9.84. The number of nitriles is 1. The molecule has 3 aromatic rings. The maximum Gasteiger partial charge on any atom is 0.159 e. The van der Waals surface area contributed by atoms with Crippen molar-refractivity contribution < 1.29 is 13.5 Å². The summed E-state index contributed by atoms with van der Waals surface area (Å²) in [5.74, 6) is -1.53. The molecule has 4 rings (SSSR count). The van der Waals surface area contributed by atoms with Crippen LogP contribution < -0.4 is 5.32 Å². The van der Waals surface area contributed by atoms with Crippen molar-refractivity contribution in [3.05, 3.63) is 94.6 Å². The van der Waals surface area contributed by atoms with Crippen LogP contribution >= 0.6 is 0 Å². The summed E-state index contributed by atoms with van der Waals surface area (Å²) in [6.07, 6.45) is 1.21. The fraction of sp³-hybridized carbons (Fsp3) is 0.296. The van der Waals surface area contributed by atoms with Gasteiger partial charge in [-0.15, -0.1) is 0 Å². The van der Waals surface area contributed by atoms with Crippen LogP contribution in [0.5, 0.6) is 0 Å². The molecule has 0 saturated carbocycles. The van der Waals surface area contributed by atoms with Crippen LogP contribution in [0.15, 0.2) is 60.7 Å². The van der Waals surface area contributed by atoms with Gasteiger partial charge in [-0.1, -0.05) is 48.5 Å². The Morgan fingerprint density at radius 1 is 1.06 bits per heavy atom. The molecule has 0 spiro atoms. The van der Waals surface area contributed by atoms with Gasteiger partial charge in [-0.2, -0.15) is 5.26 Å². The Morgan fingerprint density at radius 3 is 2.69 bits per heavy atom. The number of rotatable bonds is 6. The number of aryl methyl sites for hydroxylation is 1. The average Bonchev–Trinajstić information content (AvgIpc) is 2.81. The van der Waals surface area contributed by atoms with Crippen molar-refractivity contribution in [2.45, 2.75) is 38.4 Å². The van der Waals surface area contributed by atoms with Gasteiger partial charge < -0.3 is 10.1 Å². The molecule has 164 valence electrons. The van der Waals surface area contributed by atoms with Crippen LogP contribution in [-0.4, -0.2) is 19.2 Å². The summed E-state index contributed by atoms with van der Waals surface area (Å²) >= 11 is 0. The fourth-order valence-electron chi connectivity index (χ4n) is 4.48. The number of hydrogen-bond acceptors (Lipinski definition) is 3. The summed E-state index contributed by atoms with van der Waals surface area (Å²) < 4.78 is 32.9. The van der Waals surface area contributed by atoms with E-state index in [1.807, 2.05) is 18.2 Å². The van der Waals surface area contributed by atoms with Crippen LogP contribution in [0, 0.1) is 29.9 Å². The van der Waals surface area contributed by atoms with E-state index in [0.29, 0.717) is 12.0 Å². The monoisotopic (exact) mass is 432 g/mol. The third-order valence-electron chi connectivity index (χ3n) is 6.13. The largest absolute Gasteiger partial charge is 0.373 e. The molecule has 0 aromatic heterocycles. The SMILES string of the molecule is Cc1cc(-c2ccccc2CC#N)ccc1C1CNCCC1OCc1ccc(F)c(F)c1. The first kappa shape index (κ1) is 22.1. The van der Waals surface area contributed by atoms with Crippen LogP contribution in [0.3, 0.4) is 0 Å². The topological polar surface area (TPSA) is 45.0 Å². The molecular weight excluding hydrogens is 406 g/mol. The first-order chi connectivity index (χ1) is 15.6. The summed E-state index contributed by atoms with van der Waals surface area (Å²) in [4.78, 5) is 0. The number of piperidine rings is 1. The molecule has 0 amide bonds. The highest BCUT2D eigenvalue weighted by molar-refractivity contribution is 5.69. The van der Waals surface area contributed by atoms with Gasteiger partial charge >= 0.3 is 0 Å². The fourth-order valence-corrected chi connectivity index (χ4v) is 4.48. The zero-order chi connectivity index (χ0) is 22.5. The molecule has 1 heterocycles. The molecule has 1 aliphatic heterocycles. The van der Waals surface area contributed by atoms with Gasteiger partial charge in [-0.3, -0.25) is 0 Å².